The highest BCUT2D eigenvalue weighted by Crippen LogP contribution is 2.23. The standard InChI is InChI=1S/C11H18N4O.ClH/c12-7-8-3-1-2-4-9(8)14-11(16)10-5-6-13-15-10;/h5-6,8-9H,1-4,7,12H2,(H,13,15)(H,14,16);1H. The number of nitrogens with one attached hydrogen (secondary N) is 2. The molecule has 2 rings (SSSR count). The fraction of sp³-hybridized carbons (Fsp3) is 0.636. The smallest absolute Gasteiger partial charge is 0.269 e. The SMILES string of the molecule is Cl.NCC1CCCCC1NC(=O)c1ccn[nH]1. The molecular weight excluding hydrogens is 240 g/mol. The first-order chi connectivity index (χ1) is 7.81. The molecule has 2 unspecified atom stereocenters. The number of carbonyl (C=O) groups is 1. The lowest BCUT2D eigenvalue weighted by Gasteiger charge is -2.31. The number of aromatic amines is 1. The number of aromatic nitrogens is 2. The third kappa shape index (κ3) is 3.44. The maximum Gasteiger partial charge on any atom is 0.269 e. The number of H-pyrrole nitrogens is 1. The quantitative estimate of drug-likeness (QED) is 0.759. The zero-order valence-corrected chi connectivity index (χ0v) is 10.5. The van der Waals surface area contributed by atoms with Gasteiger partial charge in [0.15, 0.2) is 0 Å². The predicted molar refractivity (Wildman–Crippen MR) is 68.1 cm³/mol. The van der Waals surface area contributed by atoms with Crippen molar-refractivity contribution in [3.8, 4) is 0 Å². The van der Waals surface area contributed by atoms with Crippen LogP contribution in [0.15, 0.2) is 12.3 Å². The summed E-state index contributed by atoms with van der Waals surface area (Å²) < 4.78 is 0. The van der Waals surface area contributed by atoms with E-state index in [0.717, 1.165) is 12.8 Å². The minimum absolute atomic E-state index is 0. The highest BCUT2D eigenvalue weighted by Gasteiger charge is 2.25. The summed E-state index contributed by atoms with van der Waals surface area (Å²) in [6.45, 7) is 0.647. The molecule has 1 aliphatic carbocycles. The first-order valence-corrected chi connectivity index (χ1v) is 5.81. The molecule has 0 aliphatic heterocycles. The van der Waals surface area contributed by atoms with Gasteiger partial charge in [-0.05, 0) is 31.4 Å². The number of hydrogen-bond donors (Lipinski definition) is 3. The Morgan fingerprint density at radius 1 is 1.53 bits per heavy atom. The van der Waals surface area contributed by atoms with Crippen LogP contribution in [0.1, 0.15) is 36.2 Å². The fourth-order valence-corrected chi connectivity index (χ4v) is 2.31. The van der Waals surface area contributed by atoms with Crippen molar-refractivity contribution in [2.45, 2.75) is 31.7 Å². The average Bonchev–Trinajstić information content (AvgIpc) is 2.83. The second-order valence-electron chi connectivity index (χ2n) is 4.33. The van der Waals surface area contributed by atoms with Crippen LogP contribution in [0, 0.1) is 5.92 Å². The van der Waals surface area contributed by atoms with Gasteiger partial charge in [0, 0.05) is 12.2 Å². The average molecular weight is 259 g/mol. The van der Waals surface area contributed by atoms with Crippen molar-refractivity contribution >= 4 is 18.3 Å². The first-order valence-electron chi connectivity index (χ1n) is 5.81. The van der Waals surface area contributed by atoms with Gasteiger partial charge in [0.2, 0.25) is 0 Å². The van der Waals surface area contributed by atoms with Gasteiger partial charge in [0.05, 0.1) is 0 Å². The summed E-state index contributed by atoms with van der Waals surface area (Å²) in [5.41, 5.74) is 6.23. The van der Waals surface area contributed by atoms with Gasteiger partial charge in [0.1, 0.15) is 5.69 Å². The molecular formula is C11H19ClN4O. The summed E-state index contributed by atoms with van der Waals surface area (Å²) in [6, 6.07) is 1.89. The molecule has 1 aliphatic rings. The van der Waals surface area contributed by atoms with Crippen LogP contribution in [-0.4, -0.2) is 28.7 Å². The van der Waals surface area contributed by atoms with Gasteiger partial charge in [-0.3, -0.25) is 9.89 Å². The third-order valence-electron chi connectivity index (χ3n) is 3.27. The Morgan fingerprint density at radius 2 is 2.29 bits per heavy atom. The second kappa shape index (κ2) is 6.61. The largest absolute Gasteiger partial charge is 0.348 e. The molecule has 1 fully saturated rings. The Balaban J connectivity index is 0.00000144. The van der Waals surface area contributed by atoms with Gasteiger partial charge in [-0.25, -0.2) is 0 Å². The molecule has 0 saturated heterocycles. The van der Waals surface area contributed by atoms with Gasteiger partial charge in [-0.2, -0.15) is 5.10 Å². The molecule has 2 atom stereocenters. The highest BCUT2D eigenvalue weighted by molar-refractivity contribution is 5.92. The van der Waals surface area contributed by atoms with Crippen LogP contribution >= 0.6 is 12.4 Å². The maximum atomic E-state index is 11.8. The van der Waals surface area contributed by atoms with Crippen LogP contribution in [-0.2, 0) is 0 Å². The Labute approximate surface area is 107 Å². The van der Waals surface area contributed by atoms with E-state index in [-0.39, 0.29) is 24.4 Å². The summed E-state index contributed by atoms with van der Waals surface area (Å²) in [5, 5.41) is 9.46. The van der Waals surface area contributed by atoms with E-state index in [1.54, 1.807) is 12.3 Å². The molecule has 0 bridgehead atoms. The van der Waals surface area contributed by atoms with E-state index in [4.69, 9.17) is 5.73 Å². The number of amides is 1. The summed E-state index contributed by atoms with van der Waals surface area (Å²) in [4.78, 5) is 11.8. The molecule has 0 aromatic carbocycles. The van der Waals surface area contributed by atoms with Crippen molar-refractivity contribution in [3.63, 3.8) is 0 Å². The number of hydrogen-bond acceptors (Lipinski definition) is 3. The molecule has 96 valence electrons. The van der Waals surface area contributed by atoms with Crippen molar-refractivity contribution in [1.29, 1.82) is 0 Å². The molecule has 1 aromatic heterocycles. The molecule has 4 N–H and O–H groups in total. The molecule has 0 radical (unpaired) electrons. The van der Waals surface area contributed by atoms with Crippen LogP contribution in [0.25, 0.3) is 0 Å². The lowest BCUT2D eigenvalue weighted by molar-refractivity contribution is 0.0903. The molecule has 6 heteroatoms. The predicted octanol–water partition coefficient (Wildman–Crippen LogP) is 1.08. The Hall–Kier alpha value is -1.07. The lowest BCUT2D eigenvalue weighted by Crippen LogP contribution is -2.44. The van der Waals surface area contributed by atoms with Gasteiger partial charge >= 0.3 is 0 Å². The van der Waals surface area contributed by atoms with Crippen LogP contribution in [0.3, 0.4) is 0 Å². The number of carbonyl (C=O) groups excluding carboxylic acids is 1. The number of nitrogens with two attached hydrogens (primary N) is 1. The summed E-state index contributed by atoms with van der Waals surface area (Å²) in [6.07, 6.45) is 6.12. The van der Waals surface area contributed by atoms with Crippen LogP contribution < -0.4 is 11.1 Å². The second-order valence-corrected chi connectivity index (χ2v) is 4.33. The lowest BCUT2D eigenvalue weighted by atomic mass is 9.84. The van der Waals surface area contributed by atoms with E-state index in [1.165, 1.54) is 12.8 Å². The van der Waals surface area contributed by atoms with Gasteiger partial charge < -0.3 is 11.1 Å². The molecule has 17 heavy (non-hydrogen) atoms. The van der Waals surface area contributed by atoms with E-state index in [2.05, 4.69) is 15.5 Å². The van der Waals surface area contributed by atoms with Crippen molar-refractivity contribution in [1.82, 2.24) is 15.5 Å². The minimum Gasteiger partial charge on any atom is -0.348 e. The normalized spacial score (nSPS) is 23.8. The van der Waals surface area contributed by atoms with E-state index >= 15 is 0 Å². The van der Waals surface area contributed by atoms with Gasteiger partial charge in [-0.15, -0.1) is 12.4 Å². The van der Waals surface area contributed by atoms with E-state index < -0.39 is 0 Å². The molecule has 5 nitrogen and oxygen atoms in total. The minimum atomic E-state index is -0.0807. The topological polar surface area (TPSA) is 83.8 Å². The van der Waals surface area contributed by atoms with Crippen LogP contribution in [0.4, 0.5) is 0 Å². The zero-order valence-electron chi connectivity index (χ0n) is 9.69. The van der Waals surface area contributed by atoms with Gasteiger partial charge in [-0.1, -0.05) is 12.8 Å². The van der Waals surface area contributed by atoms with Crippen molar-refractivity contribution in [3.05, 3.63) is 18.0 Å². The van der Waals surface area contributed by atoms with E-state index in [1.807, 2.05) is 0 Å². The number of nitrogens with zero attached hydrogens (tertiary/aromatic N) is 1. The summed E-state index contributed by atoms with van der Waals surface area (Å²) >= 11 is 0. The Morgan fingerprint density at radius 3 is 2.94 bits per heavy atom. The monoisotopic (exact) mass is 258 g/mol. The van der Waals surface area contributed by atoms with Gasteiger partial charge in [0.25, 0.3) is 5.91 Å². The van der Waals surface area contributed by atoms with E-state index in [9.17, 15) is 4.79 Å². The fourth-order valence-electron chi connectivity index (χ4n) is 2.31. The Bertz CT molecular complexity index is 341. The first kappa shape index (κ1) is 14.0. The van der Waals surface area contributed by atoms with Crippen molar-refractivity contribution < 1.29 is 4.79 Å². The van der Waals surface area contributed by atoms with Crippen LogP contribution in [0.2, 0.25) is 0 Å². The molecule has 1 aromatic rings. The number of rotatable bonds is 3. The Kier molecular flexibility index (Phi) is 5.44. The zero-order chi connectivity index (χ0) is 11.4. The van der Waals surface area contributed by atoms with E-state index in [0.29, 0.717) is 18.2 Å². The summed E-state index contributed by atoms with van der Waals surface area (Å²) in [5.74, 6) is 0.337. The molecule has 1 heterocycles. The van der Waals surface area contributed by atoms with Crippen molar-refractivity contribution in [2.75, 3.05) is 6.54 Å². The summed E-state index contributed by atoms with van der Waals surface area (Å²) in [7, 11) is 0. The maximum absolute atomic E-state index is 11.8. The molecule has 1 amide bonds. The molecule has 1 saturated carbocycles. The number of halogens is 1. The molecule has 0 spiro atoms. The third-order valence-corrected chi connectivity index (χ3v) is 3.27. The van der Waals surface area contributed by atoms with Crippen LogP contribution in [0.5, 0.6) is 0 Å². The van der Waals surface area contributed by atoms with Crippen molar-refractivity contribution in [2.24, 2.45) is 11.7 Å². The highest BCUT2D eigenvalue weighted by atomic mass is 35.5.